The molecule has 0 aliphatic heterocycles. The fourth-order valence-electron chi connectivity index (χ4n) is 5.16. The Bertz CT molecular complexity index is 2040. The maximum atomic E-state index is 9.29. The summed E-state index contributed by atoms with van der Waals surface area (Å²) < 4.78 is 6.19. The number of furan rings is 1. The maximum Gasteiger partial charge on any atom is 0.190 e. The number of hydrogen-bond acceptors (Lipinski definition) is 4. The third-order valence-corrected chi connectivity index (χ3v) is 7.21. The Hall–Kier alpha value is -6.04. The van der Waals surface area contributed by atoms with Gasteiger partial charge in [0.2, 0.25) is 0 Å². The van der Waals surface area contributed by atoms with Crippen LogP contribution in [0.25, 0.3) is 71.6 Å². The van der Waals surface area contributed by atoms with Crippen LogP contribution < -0.4 is 0 Å². The molecule has 0 atom stereocenters. The number of benzene rings is 4. The molecule has 190 valence electrons. The van der Waals surface area contributed by atoms with E-state index in [9.17, 15) is 5.26 Å². The summed E-state index contributed by atoms with van der Waals surface area (Å²) in [5.41, 5.74) is 10.5. The molecular formula is C36H20N4O. The monoisotopic (exact) mass is 524 g/mol. The van der Waals surface area contributed by atoms with Crippen LogP contribution in [0.5, 0.6) is 0 Å². The number of rotatable bonds is 4. The van der Waals surface area contributed by atoms with Gasteiger partial charge in [0.05, 0.1) is 29.6 Å². The minimum absolute atomic E-state index is 0.569. The first-order valence-corrected chi connectivity index (χ1v) is 13.1. The van der Waals surface area contributed by atoms with Crippen molar-refractivity contribution in [1.82, 2.24) is 9.97 Å². The molecule has 0 N–H and O–H groups in total. The molecular weight excluding hydrogens is 504 g/mol. The van der Waals surface area contributed by atoms with Crippen molar-refractivity contribution >= 4 is 27.6 Å². The SMILES string of the molecule is [C-]#[N+]c1ccnc(-c2cccc(-c3ccc4oc5ccc(-c6cccc(-c7cc(C#N)ccn7)c6)cc5c4c3)c2)c1. The van der Waals surface area contributed by atoms with E-state index in [0.29, 0.717) is 11.3 Å². The Morgan fingerprint density at radius 3 is 1.71 bits per heavy atom. The zero-order valence-electron chi connectivity index (χ0n) is 21.7. The molecule has 0 saturated heterocycles. The molecule has 5 heteroatoms. The van der Waals surface area contributed by atoms with Crippen LogP contribution >= 0.6 is 0 Å². The second-order valence-electron chi connectivity index (χ2n) is 9.74. The zero-order valence-corrected chi connectivity index (χ0v) is 21.7. The van der Waals surface area contributed by atoms with Gasteiger partial charge in [-0.2, -0.15) is 5.26 Å². The molecule has 7 rings (SSSR count). The van der Waals surface area contributed by atoms with Gasteiger partial charge < -0.3 is 4.42 Å². The molecule has 4 aromatic carbocycles. The summed E-state index contributed by atoms with van der Waals surface area (Å²) in [6, 6.07) is 38.1. The molecule has 0 unspecified atom stereocenters. The van der Waals surface area contributed by atoms with E-state index in [4.69, 9.17) is 11.0 Å². The molecule has 0 aliphatic rings. The standard InChI is InChI=1S/C36H20N4O/c1-38-30-13-15-40-34(21-30)29-7-3-5-25(18-29)27-9-11-36-32(20-27)31-19-26(8-10-35(31)41-36)24-4-2-6-28(17-24)33-16-23(22-37)12-14-39-33/h2-21H. The molecule has 0 radical (unpaired) electrons. The van der Waals surface area contributed by atoms with E-state index < -0.39 is 0 Å². The van der Waals surface area contributed by atoms with Gasteiger partial charge in [-0.05, 0) is 88.5 Å². The first-order valence-electron chi connectivity index (χ1n) is 13.1. The van der Waals surface area contributed by atoms with Gasteiger partial charge in [0, 0.05) is 28.7 Å². The number of hydrogen-bond donors (Lipinski definition) is 0. The van der Waals surface area contributed by atoms with E-state index in [-0.39, 0.29) is 0 Å². The first-order chi connectivity index (χ1) is 20.2. The summed E-state index contributed by atoms with van der Waals surface area (Å²) in [4.78, 5) is 12.5. The average Bonchev–Trinajstić information content (AvgIpc) is 3.42. The summed E-state index contributed by atoms with van der Waals surface area (Å²) in [5, 5.41) is 11.4. The fraction of sp³-hybridized carbons (Fsp3) is 0. The van der Waals surface area contributed by atoms with Crippen molar-refractivity contribution in [3.8, 4) is 50.8 Å². The molecule has 0 fully saturated rings. The normalized spacial score (nSPS) is 10.9. The molecule has 5 nitrogen and oxygen atoms in total. The molecule has 0 saturated carbocycles. The molecule has 0 aliphatic carbocycles. The smallest absolute Gasteiger partial charge is 0.190 e. The highest BCUT2D eigenvalue weighted by Gasteiger charge is 2.12. The van der Waals surface area contributed by atoms with Crippen molar-refractivity contribution in [3.05, 3.63) is 139 Å². The lowest BCUT2D eigenvalue weighted by Gasteiger charge is -2.07. The number of aromatic nitrogens is 2. The van der Waals surface area contributed by atoms with Crippen LogP contribution in [0, 0.1) is 17.9 Å². The average molecular weight is 525 g/mol. The van der Waals surface area contributed by atoms with Crippen LogP contribution in [0.15, 0.2) is 126 Å². The van der Waals surface area contributed by atoms with Crippen molar-refractivity contribution < 1.29 is 4.42 Å². The van der Waals surface area contributed by atoms with Crippen molar-refractivity contribution in [2.45, 2.75) is 0 Å². The number of nitriles is 1. The molecule has 0 bridgehead atoms. The molecule has 3 heterocycles. The minimum Gasteiger partial charge on any atom is -0.456 e. The van der Waals surface area contributed by atoms with Crippen molar-refractivity contribution in [3.63, 3.8) is 0 Å². The fourth-order valence-corrected chi connectivity index (χ4v) is 5.16. The molecule has 41 heavy (non-hydrogen) atoms. The van der Waals surface area contributed by atoms with E-state index >= 15 is 0 Å². The topological polar surface area (TPSA) is 67.1 Å². The predicted molar refractivity (Wildman–Crippen MR) is 162 cm³/mol. The third kappa shape index (κ3) is 4.48. The molecule has 7 aromatic rings. The highest BCUT2D eigenvalue weighted by molar-refractivity contribution is 6.07. The van der Waals surface area contributed by atoms with E-state index in [0.717, 1.165) is 66.7 Å². The number of pyridine rings is 2. The van der Waals surface area contributed by atoms with Gasteiger partial charge in [-0.3, -0.25) is 9.97 Å². The van der Waals surface area contributed by atoms with E-state index in [1.807, 2.05) is 42.5 Å². The molecule has 3 aromatic heterocycles. The van der Waals surface area contributed by atoms with Gasteiger partial charge in [-0.25, -0.2) is 4.85 Å². The Labute approximate surface area is 236 Å². The van der Waals surface area contributed by atoms with Gasteiger partial charge >= 0.3 is 0 Å². The Balaban J connectivity index is 1.29. The van der Waals surface area contributed by atoms with E-state index in [1.54, 1.807) is 30.6 Å². The number of fused-ring (bicyclic) bond motifs is 3. The highest BCUT2D eigenvalue weighted by Crippen LogP contribution is 2.36. The second kappa shape index (κ2) is 9.93. The first kappa shape index (κ1) is 24.0. The largest absolute Gasteiger partial charge is 0.456 e. The van der Waals surface area contributed by atoms with Crippen molar-refractivity contribution in [2.24, 2.45) is 0 Å². The van der Waals surface area contributed by atoms with E-state index in [2.05, 4.69) is 69.4 Å². The van der Waals surface area contributed by atoms with Gasteiger partial charge in [0.25, 0.3) is 0 Å². The summed E-state index contributed by atoms with van der Waals surface area (Å²) >= 11 is 0. The van der Waals surface area contributed by atoms with Gasteiger partial charge in [-0.1, -0.05) is 48.5 Å². The molecule has 0 spiro atoms. The lowest BCUT2D eigenvalue weighted by molar-refractivity contribution is 0.669. The quantitative estimate of drug-likeness (QED) is 0.215. The molecule has 0 amide bonds. The van der Waals surface area contributed by atoms with Crippen LogP contribution in [0.1, 0.15) is 5.56 Å². The Kier molecular flexibility index (Phi) is 5.82. The summed E-state index contributed by atoms with van der Waals surface area (Å²) in [5.74, 6) is 0. The summed E-state index contributed by atoms with van der Waals surface area (Å²) in [6.45, 7) is 7.32. The summed E-state index contributed by atoms with van der Waals surface area (Å²) in [7, 11) is 0. The van der Waals surface area contributed by atoms with Gasteiger partial charge in [0.15, 0.2) is 5.69 Å². The maximum absolute atomic E-state index is 9.29. The van der Waals surface area contributed by atoms with Crippen LogP contribution in [0.4, 0.5) is 5.69 Å². The minimum atomic E-state index is 0.569. The lowest BCUT2D eigenvalue weighted by Crippen LogP contribution is -1.86. The van der Waals surface area contributed by atoms with E-state index in [1.165, 1.54) is 0 Å². The van der Waals surface area contributed by atoms with Crippen LogP contribution in [-0.4, -0.2) is 9.97 Å². The van der Waals surface area contributed by atoms with Gasteiger partial charge in [-0.15, -0.1) is 0 Å². The van der Waals surface area contributed by atoms with Crippen molar-refractivity contribution in [1.29, 1.82) is 5.26 Å². The third-order valence-electron chi connectivity index (χ3n) is 7.21. The second-order valence-corrected chi connectivity index (χ2v) is 9.74. The highest BCUT2D eigenvalue weighted by atomic mass is 16.3. The lowest BCUT2D eigenvalue weighted by atomic mass is 9.97. The van der Waals surface area contributed by atoms with Crippen LogP contribution in [-0.2, 0) is 0 Å². The van der Waals surface area contributed by atoms with Crippen LogP contribution in [0.3, 0.4) is 0 Å². The summed E-state index contributed by atoms with van der Waals surface area (Å²) in [6.07, 6.45) is 3.34. The Morgan fingerprint density at radius 2 is 1.12 bits per heavy atom. The Morgan fingerprint density at radius 1 is 0.585 bits per heavy atom. The predicted octanol–water partition coefficient (Wildman–Crippen LogP) is 9.47. The zero-order chi connectivity index (χ0) is 27.8. The van der Waals surface area contributed by atoms with Gasteiger partial charge in [0.1, 0.15) is 11.2 Å². The van der Waals surface area contributed by atoms with Crippen molar-refractivity contribution in [2.75, 3.05) is 0 Å². The number of nitrogens with zero attached hydrogens (tertiary/aromatic N) is 4. The van der Waals surface area contributed by atoms with Crippen LogP contribution in [0.2, 0.25) is 0 Å².